The molecule has 1 aliphatic heterocycles. The summed E-state index contributed by atoms with van der Waals surface area (Å²) in [6.45, 7) is 6.25. The number of hydrogen-bond acceptors (Lipinski definition) is 5. The lowest BCUT2D eigenvalue weighted by Gasteiger charge is -2.39. The Kier molecular flexibility index (Phi) is 7.45. The molecule has 1 aliphatic rings. The molecule has 0 spiro atoms. The van der Waals surface area contributed by atoms with E-state index in [2.05, 4.69) is 22.1 Å². The highest BCUT2D eigenvalue weighted by Crippen LogP contribution is 2.24. The molecule has 0 saturated carbocycles. The molecule has 2 heterocycles. The largest absolute Gasteiger partial charge is 0.494 e. The Morgan fingerprint density at radius 1 is 1.00 bits per heavy atom. The van der Waals surface area contributed by atoms with E-state index in [0.29, 0.717) is 19.8 Å². The number of rotatable bonds is 10. The second-order valence-corrected chi connectivity index (χ2v) is 8.71. The van der Waals surface area contributed by atoms with E-state index in [1.165, 1.54) is 5.56 Å². The number of β-amino-alcohol motifs (C(OH)–C–C–N with tert-alkyl or cyclic N) is 1. The van der Waals surface area contributed by atoms with Gasteiger partial charge in [0, 0.05) is 32.3 Å². The zero-order valence-corrected chi connectivity index (χ0v) is 18.8. The highest BCUT2D eigenvalue weighted by molar-refractivity contribution is 5.27. The van der Waals surface area contributed by atoms with Crippen LogP contribution >= 0.6 is 0 Å². The Balaban J connectivity index is 1.21. The predicted octanol–water partition coefficient (Wildman–Crippen LogP) is 4.07. The fourth-order valence-electron chi connectivity index (χ4n) is 4.15. The lowest BCUT2D eigenvalue weighted by atomic mass is 9.93. The summed E-state index contributed by atoms with van der Waals surface area (Å²) in [5, 5.41) is 15.4. The van der Waals surface area contributed by atoms with Crippen LogP contribution < -0.4 is 9.47 Å². The number of piperidine rings is 1. The van der Waals surface area contributed by atoms with Crippen LogP contribution in [0.3, 0.4) is 0 Å². The van der Waals surface area contributed by atoms with E-state index in [1.54, 1.807) is 0 Å². The van der Waals surface area contributed by atoms with Gasteiger partial charge in [-0.2, -0.15) is 5.10 Å². The van der Waals surface area contributed by atoms with Gasteiger partial charge in [-0.3, -0.25) is 9.58 Å². The molecule has 0 aliphatic carbocycles. The summed E-state index contributed by atoms with van der Waals surface area (Å²) in [7, 11) is 0. The van der Waals surface area contributed by atoms with E-state index in [-0.39, 0.29) is 0 Å². The molecular formula is C26H33N3O3. The number of hydrogen-bond donors (Lipinski definition) is 1. The Hall–Kier alpha value is -2.83. The molecule has 1 aromatic heterocycles. The van der Waals surface area contributed by atoms with Crippen LogP contribution in [0.15, 0.2) is 66.9 Å². The molecule has 32 heavy (non-hydrogen) atoms. The first-order valence-electron chi connectivity index (χ1n) is 11.4. The SMILES string of the molecule is Cc1ccn(CCCOc2ccc(CN3CCC[C@](O)(COc4ccccc4)C3)cc2)n1. The fourth-order valence-corrected chi connectivity index (χ4v) is 4.15. The molecule has 0 radical (unpaired) electrons. The highest BCUT2D eigenvalue weighted by Gasteiger charge is 2.34. The van der Waals surface area contributed by atoms with Crippen molar-refractivity contribution < 1.29 is 14.6 Å². The maximum Gasteiger partial charge on any atom is 0.119 e. The smallest absolute Gasteiger partial charge is 0.119 e. The quantitative estimate of drug-likeness (QED) is 0.487. The third-order valence-electron chi connectivity index (χ3n) is 5.79. The van der Waals surface area contributed by atoms with E-state index < -0.39 is 5.60 Å². The number of aromatic nitrogens is 2. The predicted molar refractivity (Wildman–Crippen MR) is 125 cm³/mol. The van der Waals surface area contributed by atoms with Crippen LogP contribution in [0.2, 0.25) is 0 Å². The molecule has 4 rings (SSSR count). The van der Waals surface area contributed by atoms with Gasteiger partial charge >= 0.3 is 0 Å². The van der Waals surface area contributed by atoms with Gasteiger partial charge in [-0.1, -0.05) is 30.3 Å². The van der Waals surface area contributed by atoms with Crippen LogP contribution in [0.25, 0.3) is 0 Å². The van der Waals surface area contributed by atoms with Gasteiger partial charge in [0.1, 0.15) is 23.7 Å². The third kappa shape index (κ3) is 6.58. The van der Waals surface area contributed by atoms with Crippen molar-refractivity contribution in [2.24, 2.45) is 0 Å². The van der Waals surface area contributed by atoms with E-state index in [0.717, 1.165) is 56.1 Å². The van der Waals surface area contributed by atoms with Crippen molar-refractivity contribution in [2.75, 3.05) is 26.3 Å². The summed E-state index contributed by atoms with van der Waals surface area (Å²) < 4.78 is 13.7. The monoisotopic (exact) mass is 435 g/mol. The lowest BCUT2D eigenvalue weighted by Crippen LogP contribution is -2.51. The molecule has 1 fully saturated rings. The van der Waals surface area contributed by atoms with Gasteiger partial charge in [0.2, 0.25) is 0 Å². The molecule has 3 aromatic rings. The molecule has 0 amide bonds. The van der Waals surface area contributed by atoms with Crippen LogP contribution in [-0.4, -0.2) is 51.7 Å². The second-order valence-electron chi connectivity index (χ2n) is 8.71. The summed E-state index contributed by atoms with van der Waals surface area (Å²) in [6.07, 6.45) is 4.65. The summed E-state index contributed by atoms with van der Waals surface area (Å²) >= 11 is 0. The van der Waals surface area contributed by atoms with Gasteiger partial charge in [0.15, 0.2) is 0 Å². The van der Waals surface area contributed by atoms with Gasteiger partial charge < -0.3 is 14.6 Å². The van der Waals surface area contributed by atoms with Gasteiger partial charge in [-0.25, -0.2) is 0 Å². The van der Waals surface area contributed by atoms with Crippen LogP contribution in [0.1, 0.15) is 30.5 Å². The van der Waals surface area contributed by atoms with Crippen LogP contribution in [0.4, 0.5) is 0 Å². The van der Waals surface area contributed by atoms with Crippen molar-refractivity contribution in [1.82, 2.24) is 14.7 Å². The molecule has 1 atom stereocenters. The average molecular weight is 436 g/mol. The first-order valence-corrected chi connectivity index (χ1v) is 11.4. The van der Waals surface area contributed by atoms with Crippen molar-refractivity contribution in [3.8, 4) is 11.5 Å². The summed E-state index contributed by atoms with van der Waals surface area (Å²) in [4.78, 5) is 2.31. The van der Waals surface area contributed by atoms with Gasteiger partial charge in [-0.15, -0.1) is 0 Å². The van der Waals surface area contributed by atoms with E-state index in [9.17, 15) is 5.11 Å². The number of aryl methyl sites for hydroxylation is 2. The van der Waals surface area contributed by atoms with Gasteiger partial charge in [0.05, 0.1) is 12.3 Å². The Labute approximate surface area is 190 Å². The molecule has 1 saturated heterocycles. The number of para-hydroxylation sites is 1. The minimum atomic E-state index is -0.815. The van der Waals surface area contributed by atoms with Crippen molar-refractivity contribution >= 4 is 0 Å². The molecular weight excluding hydrogens is 402 g/mol. The van der Waals surface area contributed by atoms with Crippen molar-refractivity contribution in [1.29, 1.82) is 0 Å². The summed E-state index contributed by atoms with van der Waals surface area (Å²) in [5.41, 5.74) is 1.44. The van der Waals surface area contributed by atoms with Crippen molar-refractivity contribution in [3.05, 3.63) is 78.1 Å². The number of ether oxygens (including phenoxy) is 2. The second kappa shape index (κ2) is 10.7. The summed E-state index contributed by atoms with van der Waals surface area (Å²) in [5.74, 6) is 1.69. The number of nitrogens with zero attached hydrogens (tertiary/aromatic N) is 3. The standard InChI is InChI=1S/C26H33N3O3/c1-22-13-17-29(27-22)16-6-18-31-25-11-9-23(10-12-25)19-28-15-5-14-26(30,20-28)21-32-24-7-3-2-4-8-24/h2-4,7-13,17,30H,5-6,14-16,18-21H2,1H3/t26-/m1/s1. The zero-order valence-electron chi connectivity index (χ0n) is 18.8. The molecule has 6 heteroatoms. The van der Waals surface area contributed by atoms with E-state index in [4.69, 9.17) is 9.47 Å². The lowest BCUT2D eigenvalue weighted by molar-refractivity contribution is -0.0621. The molecule has 2 aromatic carbocycles. The maximum absolute atomic E-state index is 11.0. The molecule has 1 N–H and O–H groups in total. The van der Waals surface area contributed by atoms with Crippen LogP contribution in [0, 0.1) is 6.92 Å². The molecule has 6 nitrogen and oxygen atoms in total. The van der Waals surface area contributed by atoms with Gasteiger partial charge in [0.25, 0.3) is 0 Å². The van der Waals surface area contributed by atoms with E-state index in [1.807, 2.05) is 66.3 Å². The molecule has 0 bridgehead atoms. The highest BCUT2D eigenvalue weighted by atomic mass is 16.5. The van der Waals surface area contributed by atoms with Crippen LogP contribution in [0.5, 0.6) is 11.5 Å². The first kappa shape index (κ1) is 22.4. The van der Waals surface area contributed by atoms with E-state index >= 15 is 0 Å². The zero-order chi connectivity index (χ0) is 22.2. The molecule has 0 unspecified atom stereocenters. The van der Waals surface area contributed by atoms with Crippen molar-refractivity contribution in [3.63, 3.8) is 0 Å². The Bertz CT molecular complexity index is 958. The molecule has 170 valence electrons. The van der Waals surface area contributed by atoms with Crippen molar-refractivity contribution in [2.45, 2.75) is 44.9 Å². The number of likely N-dealkylation sites (tertiary alicyclic amines) is 1. The Morgan fingerprint density at radius 2 is 1.78 bits per heavy atom. The van der Waals surface area contributed by atoms with Gasteiger partial charge in [-0.05, 0) is 62.2 Å². The Morgan fingerprint density at radius 3 is 2.53 bits per heavy atom. The normalized spacial score (nSPS) is 19.1. The fraction of sp³-hybridized carbons (Fsp3) is 0.423. The first-order chi connectivity index (χ1) is 15.6. The minimum Gasteiger partial charge on any atom is -0.494 e. The summed E-state index contributed by atoms with van der Waals surface area (Å²) in [6, 6.07) is 20.0. The topological polar surface area (TPSA) is 59.8 Å². The average Bonchev–Trinajstić information content (AvgIpc) is 3.22. The maximum atomic E-state index is 11.0. The number of benzene rings is 2. The third-order valence-corrected chi connectivity index (χ3v) is 5.79. The minimum absolute atomic E-state index is 0.318. The van der Waals surface area contributed by atoms with Crippen LogP contribution in [-0.2, 0) is 13.1 Å². The number of aliphatic hydroxyl groups is 1.